The van der Waals surface area contributed by atoms with Gasteiger partial charge in [-0.15, -0.1) is 11.6 Å². The number of halogens is 1. The van der Waals surface area contributed by atoms with Crippen LogP contribution < -0.4 is 5.32 Å². The molecule has 2 nitrogen and oxygen atoms in total. The summed E-state index contributed by atoms with van der Waals surface area (Å²) in [6.45, 7) is 0. The normalized spacial score (nSPS) is 17.2. The van der Waals surface area contributed by atoms with Gasteiger partial charge in [-0.2, -0.15) is 0 Å². The lowest BCUT2D eigenvalue weighted by Crippen LogP contribution is -2.22. The van der Waals surface area contributed by atoms with E-state index in [4.69, 9.17) is 11.6 Å². The van der Waals surface area contributed by atoms with E-state index in [2.05, 4.69) is 5.32 Å². The first-order valence-corrected chi connectivity index (χ1v) is 7.29. The van der Waals surface area contributed by atoms with Gasteiger partial charge >= 0.3 is 0 Å². The third-order valence-electron chi connectivity index (χ3n) is 3.65. The molecule has 0 spiro atoms. The molecule has 2 rings (SSSR count). The SMILES string of the molecule is O=C(Nc1ccccc1CCl)C1CCCCCC1. The number of para-hydroxylation sites is 1. The molecule has 0 unspecified atom stereocenters. The van der Waals surface area contributed by atoms with Crippen LogP contribution in [0.25, 0.3) is 0 Å². The highest BCUT2D eigenvalue weighted by Gasteiger charge is 2.20. The molecular weight excluding hydrogens is 246 g/mol. The van der Waals surface area contributed by atoms with E-state index in [1.807, 2.05) is 24.3 Å². The number of amides is 1. The van der Waals surface area contributed by atoms with Crippen molar-refractivity contribution in [2.75, 3.05) is 5.32 Å². The summed E-state index contributed by atoms with van der Waals surface area (Å²) < 4.78 is 0. The Morgan fingerprint density at radius 3 is 2.50 bits per heavy atom. The smallest absolute Gasteiger partial charge is 0.227 e. The van der Waals surface area contributed by atoms with E-state index < -0.39 is 0 Å². The molecule has 18 heavy (non-hydrogen) atoms. The lowest BCUT2D eigenvalue weighted by molar-refractivity contribution is -0.120. The molecule has 1 saturated carbocycles. The van der Waals surface area contributed by atoms with Crippen molar-refractivity contribution >= 4 is 23.2 Å². The summed E-state index contributed by atoms with van der Waals surface area (Å²) in [5.74, 6) is 0.770. The highest BCUT2D eigenvalue weighted by Crippen LogP contribution is 2.25. The van der Waals surface area contributed by atoms with E-state index in [9.17, 15) is 4.79 Å². The molecule has 0 heterocycles. The highest BCUT2D eigenvalue weighted by molar-refractivity contribution is 6.17. The van der Waals surface area contributed by atoms with Crippen molar-refractivity contribution in [3.05, 3.63) is 29.8 Å². The van der Waals surface area contributed by atoms with E-state index in [0.717, 1.165) is 24.1 Å². The minimum Gasteiger partial charge on any atom is -0.326 e. The van der Waals surface area contributed by atoms with Gasteiger partial charge in [0.15, 0.2) is 0 Å². The number of alkyl halides is 1. The molecule has 0 atom stereocenters. The third-order valence-corrected chi connectivity index (χ3v) is 3.93. The second-order valence-corrected chi connectivity index (χ2v) is 5.24. The van der Waals surface area contributed by atoms with Crippen LogP contribution in [0.1, 0.15) is 44.1 Å². The topological polar surface area (TPSA) is 29.1 Å². The van der Waals surface area contributed by atoms with Crippen molar-refractivity contribution in [1.29, 1.82) is 0 Å². The quantitative estimate of drug-likeness (QED) is 0.639. The van der Waals surface area contributed by atoms with Crippen molar-refractivity contribution in [2.24, 2.45) is 5.92 Å². The Balaban J connectivity index is 2.01. The Morgan fingerprint density at radius 2 is 1.83 bits per heavy atom. The van der Waals surface area contributed by atoms with Crippen molar-refractivity contribution < 1.29 is 4.79 Å². The van der Waals surface area contributed by atoms with Gasteiger partial charge in [0.05, 0.1) is 0 Å². The molecule has 1 N–H and O–H groups in total. The van der Waals surface area contributed by atoms with Gasteiger partial charge in [0.1, 0.15) is 0 Å². The zero-order valence-corrected chi connectivity index (χ0v) is 11.4. The lowest BCUT2D eigenvalue weighted by atomic mass is 9.99. The molecule has 1 aliphatic carbocycles. The van der Waals surface area contributed by atoms with Gasteiger partial charge in [-0.1, -0.05) is 43.9 Å². The van der Waals surface area contributed by atoms with Crippen LogP contribution >= 0.6 is 11.6 Å². The van der Waals surface area contributed by atoms with Crippen molar-refractivity contribution in [1.82, 2.24) is 0 Å². The molecule has 0 radical (unpaired) electrons. The minimum atomic E-state index is 0.162. The number of carbonyl (C=O) groups is 1. The van der Waals surface area contributed by atoms with Crippen LogP contribution in [0, 0.1) is 5.92 Å². The van der Waals surface area contributed by atoms with Crippen LogP contribution in [0.4, 0.5) is 5.69 Å². The fraction of sp³-hybridized carbons (Fsp3) is 0.533. The van der Waals surface area contributed by atoms with E-state index in [1.54, 1.807) is 0 Å². The largest absolute Gasteiger partial charge is 0.326 e. The first kappa shape index (κ1) is 13.4. The number of benzene rings is 1. The van der Waals surface area contributed by atoms with E-state index in [0.29, 0.717) is 5.88 Å². The fourth-order valence-corrected chi connectivity index (χ4v) is 2.77. The molecule has 0 aromatic heterocycles. The maximum Gasteiger partial charge on any atom is 0.227 e. The number of hydrogen-bond acceptors (Lipinski definition) is 1. The van der Waals surface area contributed by atoms with Crippen LogP contribution in [0.3, 0.4) is 0 Å². The van der Waals surface area contributed by atoms with Crippen molar-refractivity contribution in [3.63, 3.8) is 0 Å². The zero-order valence-electron chi connectivity index (χ0n) is 10.6. The summed E-state index contributed by atoms with van der Waals surface area (Å²) in [5, 5.41) is 3.04. The van der Waals surface area contributed by atoms with Crippen molar-refractivity contribution in [2.45, 2.75) is 44.4 Å². The first-order chi connectivity index (χ1) is 8.81. The van der Waals surface area contributed by atoms with E-state index >= 15 is 0 Å². The van der Waals surface area contributed by atoms with Gasteiger partial charge in [0, 0.05) is 17.5 Å². The molecule has 1 aliphatic rings. The van der Waals surface area contributed by atoms with Gasteiger partial charge in [-0.25, -0.2) is 0 Å². The fourth-order valence-electron chi connectivity index (χ4n) is 2.54. The Kier molecular flexibility index (Phi) is 5.06. The number of rotatable bonds is 3. The van der Waals surface area contributed by atoms with Crippen LogP contribution in [0.5, 0.6) is 0 Å². The van der Waals surface area contributed by atoms with Crippen molar-refractivity contribution in [3.8, 4) is 0 Å². The average molecular weight is 266 g/mol. The second-order valence-electron chi connectivity index (χ2n) is 4.97. The summed E-state index contributed by atoms with van der Waals surface area (Å²) in [5.41, 5.74) is 1.85. The van der Waals surface area contributed by atoms with Gasteiger partial charge in [-0.05, 0) is 24.5 Å². The second kappa shape index (κ2) is 6.79. The Labute approximate surface area is 114 Å². The zero-order chi connectivity index (χ0) is 12.8. The summed E-state index contributed by atoms with van der Waals surface area (Å²) in [6.07, 6.45) is 6.93. The predicted octanol–water partition coefficient (Wildman–Crippen LogP) is 4.33. The Hall–Kier alpha value is -1.02. The monoisotopic (exact) mass is 265 g/mol. The molecule has 0 aliphatic heterocycles. The van der Waals surface area contributed by atoms with Gasteiger partial charge in [0.25, 0.3) is 0 Å². The average Bonchev–Trinajstić information content (AvgIpc) is 2.68. The standard InChI is InChI=1S/C15H20ClNO/c16-11-13-9-5-6-10-14(13)17-15(18)12-7-3-1-2-4-8-12/h5-6,9-10,12H,1-4,7-8,11H2,(H,17,18). The van der Waals surface area contributed by atoms with Gasteiger partial charge in [-0.3, -0.25) is 4.79 Å². The first-order valence-electron chi connectivity index (χ1n) is 6.76. The van der Waals surface area contributed by atoms with Crippen LogP contribution in [-0.4, -0.2) is 5.91 Å². The summed E-state index contributed by atoms with van der Waals surface area (Å²) >= 11 is 5.88. The third kappa shape index (κ3) is 3.49. The summed E-state index contributed by atoms with van der Waals surface area (Å²) in [7, 11) is 0. The number of carbonyl (C=O) groups excluding carboxylic acids is 1. The van der Waals surface area contributed by atoms with Gasteiger partial charge in [0.2, 0.25) is 5.91 Å². The number of hydrogen-bond donors (Lipinski definition) is 1. The van der Waals surface area contributed by atoms with Crippen LogP contribution in [-0.2, 0) is 10.7 Å². The molecule has 98 valence electrons. The van der Waals surface area contributed by atoms with Crippen LogP contribution in [0.2, 0.25) is 0 Å². The number of nitrogens with one attached hydrogen (secondary N) is 1. The highest BCUT2D eigenvalue weighted by atomic mass is 35.5. The minimum absolute atomic E-state index is 0.162. The molecule has 1 aromatic carbocycles. The molecule has 1 fully saturated rings. The Morgan fingerprint density at radius 1 is 1.17 bits per heavy atom. The maximum absolute atomic E-state index is 12.2. The maximum atomic E-state index is 12.2. The predicted molar refractivity (Wildman–Crippen MR) is 75.8 cm³/mol. The van der Waals surface area contributed by atoms with Crippen LogP contribution in [0.15, 0.2) is 24.3 Å². The molecule has 3 heteroatoms. The molecule has 1 amide bonds. The molecule has 0 bridgehead atoms. The van der Waals surface area contributed by atoms with Gasteiger partial charge < -0.3 is 5.32 Å². The molecule has 1 aromatic rings. The molecule has 0 saturated heterocycles. The molecular formula is C15H20ClNO. The number of anilines is 1. The van der Waals surface area contributed by atoms with E-state index in [1.165, 1.54) is 25.7 Å². The van der Waals surface area contributed by atoms with E-state index in [-0.39, 0.29) is 11.8 Å². The summed E-state index contributed by atoms with van der Waals surface area (Å²) in [4.78, 5) is 12.2. The summed E-state index contributed by atoms with van der Waals surface area (Å²) in [6, 6.07) is 7.75. The lowest BCUT2D eigenvalue weighted by Gasteiger charge is -2.15. The Bertz CT molecular complexity index is 397.